The maximum absolute atomic E-state index is 13.9. The molecule has 7 heterocycles. The van der Waals surface area contributed by atoms with Gasteiger partial charge < -0.3 is 45.9 Å². The van der Waals surface area contributed by atoms with Crippen LogP contribution in [0.15, 0.2) is 104 Å². The smallest absolute Gasteiger partial charge is 0.404 e. The van der Waals surface area contributed by atoms with Gasteiger partial charge in [0.1, 0.15) is 11.3 Å². The highest BCUT2D eigenvalue weighted by atomic mass is 28.3. The van der Waals surface area contributed by atoms with E-state index in [9.17, 15) is 4.79 Å². The number of pyridine rings is 2. The second-order valence-electron chi connectivity index (χ2n) is 34.9. The first-order chi connectivity index (χ1) is 46.7. The maximum Gasteiger partial charge on any atom is 0.487 e. The minimum absolute atomic E-state index is 0.0662. The third-order valence-electron chi connectivity index (χ3n) is 25.1. The third kappa shape index (κ3) is 16.2. The molecule has 18 heteroatoms. The first kappa shape index (κ1) is 79.7. The lowest BCUT2D eigenvalue weighted by atomic mass is 9.64. The number of Topliss-reactive ketones (excluding diaryl/α,β-unsaturated/α-hetero) is 1. The van der Waals surface area contributed by atoms with Crippen molar-refractivity contribution in [3.05, 3.63) is 137 Å². The largest absolute Gasteiger partial charge is 0.487 e. The predicted octanol–water partition coefficient (Wildman–Crippen LogP) is 21.2. The van der Waals surface area contributed by atoms with Gasteiger partial charge in [0.05, 0.1) is 59.0 Å². The molecule has 5 fully saturated rings. The minimum atomic E-state index is -1.98. The number of carbonyl (C=O) groups is 1. The van der Waals surface area contributed by atoms with E-state index in [2.05, 4.69) is 273 Å². The van der Waals surface area contributed by atoms with E-state index in [1.54, 1.807) is 0 Å². The number of ether oxygens (including phenoxy) is 2. The lowest BCUT2D eigenvalue weighted by Crippen LogP contribution is -2.51. The molecule has 6 aromatic rings. The quantitative estimate of drug-likeness (QED) is 0.0505. The maximum atomic E-state index is 13.9. The van der Waals surface area contributed by atoms with E-state index in [0.717, 1.165) is 79.2 Å². The molecule has 5 aliphatic rings. The Bertz CT molecular complexity index is 3610. The van der Waals surface area contributed by atoms with Crippen LogP contribution in [0, 0.1) is 25.7 Å². The number of rotatable bonds is 21. The van der Waals surface area contributed by atoms with Crippen LogP contribution in [0.4, 0.5) is 0 Å². The van der Waals surface area contributed by atoms with Crippen LogP contribution in [0.25, 0.3) is 27.6 Å². The first-order valence-corrected chi connectivity index (χ1v) is 42.7. The van der Waals surface area contributed by atoms with Crippen LogP contribution in [-0.2, 0) is 50.6 Å². The van der Waals surface area contributed by atoms with Crippen molar-refractivity contribution in [2.75, 3.05) is 0 Å². The fraction of sp³-hybridized carbons (Fsp3) is 0.646. The molecule has 546 valence electrons. The topological polar surface area (TPSA) is 127 Å². The normalized spacial score (nSPS) is 22.8. The first-order valence-electron chi connectivity index (χ1n) is 38.3. The second kappa shape index (κ2) is 31.3. The molecule has 0 bridgehead atoms. The summed E-state index contributed by atoms with van der Waals surface area (Å²) in [6.45, 7) is 59.4. The zero-order chi connectivity index (χ0) is 73.5. The summed E-state index contributed by atoms with van der Waals surface area (Å²) in [7, 11) is -4.88. The monoisotopic (exact) mass is 1400 g/mol. The van der Waals surface area contributed by atoms with Crippen LogP contribution in [0.2, 0.25) is 39.5 Å². The van der Waals surface area contributed by atoms with E-state index in [-0.39, 0.29) is 66.0 Å². The number of nitrogens with zero attached hydrogens (tertiary/aromatic N) is 4. The Morgan fingerprint density at radius 3 is 1.14 bits per heavy atom. The SMILES string of the molecule is CC1(C)OB(CB2OC(C)(C)C(C)(C)O2)OC1(C)C.Cc1cnc2c(ccn2[Si](C(C)C)(C(C)C)C(C)C)c1/C(=C\B1OC(C)(C)C(C)(C)O1)C1CCC(OCc2ccccc2)CC1.Cc1cnc2c(ccn2[Si](C(C)C)(C(C)C)C(C)C)c1C(=O)C1CCC(OCc2ccccc2)CC1. The van der Waals surface area contributed by atoms with Gasteiger partial charge in [-0.15, -0.1) is 0 Å². The van der Waals surface area contributed by atoms with Crippen LogP contribution in [0.5, 0.6) is 0 Å². The Morgan fingerprint density at radius 2 is 0.790 bits per heavy atom. The molecule has 4 aromatic heterocycles. The van der Waals surface area contributed by atoms with E-state index < -0.39 is 23.6 Å². The molecule has 0 unspecified atom stereocenters. The van der Waals surface area contributed by atoms with Crippen LogP contribution >= 0.6 is 0 Å². The van der Waals surface area contributed by atoms with E-state index >= 15 is 0 Å². The van der Waals surface area contributed by atoms with Gasteiger partial charge in [-0.05, 0) is 245 Å². The predicted molar refractivity (Wildman–Crippen MR) is 421 cm³/mol. The van der Waals surface area contributed by atoms with Gasteiger partial charge in [-0.3, -0.25) is 4.79 Å². The number of hydrogen-bond acceptors (Lipinski definition) is 11. The average molecular weight is 1400 g/mol. The van der Waals surface area contributed by atoms with Gasteiger partial charge in [0.25, 0.3) is 0 Å². The van der Waals surface area contributed by atoms with Gasteiger partial charge in [0.2, 0.25) is 0 Å². The van der Waals surface area contributed by atoms with Crippen LogP contribution in [-0.4, -0.2) is 108 Å². The summed E-state index contributed by atoms with van der Waals surface area (Å²) in [4.78, 5) is 24.0. The molecule has 0 spiro atoms. The number of aryl methyl sites for hydroxylation is 2. The highest BCUT2D eigenvalue weighted by Crippen LogP contribution is 2.50. The second-order valence-corrected chi connectivity index (χ2v) is 46.4. The molecule has 13 nitrogen and oxygen atoms in total. The van der Waals surface area contributed by atoms with E-state index in [1.807, 2.05) is 19.2 Å². The number of carbonyl (C=O) groups excluding carboxylic acids is 1. The van der Waals surface area contributed by atoms with Gasteiger partial charge in [-0.2, -0.15) is 0 Å². The van der Waals surface area contributed by atoms with Gasteiger partial charge in [0, 0.05) is 40.9 Å². The van der Waals surface area contributed by atoms with Gasteiger partial charge in [0.15, 0.2) is 22.3 Å². The summed E-state index contributed by atoms with van der Waals surface area (Å²) in [5.41, 5.74) is 11.9. The summed E-state index contributed by atoms with van der Waals surface area (Å²) >= 11 is 0. The number of ketones is 1. The molecule has 100 heavy (non-hydrogen) atoms. The van der Waals surface area contributed by atoms with Crippen LogP contribution < -0.4 is 0 Å². The van der Waals surface area contributed by atoms with Gasteiger partial charge >= 0.3 is 21.4 Å². The Balaban J connectivity index is 0.000000189. The third-order valence-corrected chi connectivity index (χ3v) is 38.6. The summed E-state index contributed by atoms with van der Waals surface area (Å²) in [5, 5.41) is 2.31. The molecule has 3 saturated heterocycles. The van der Waals surface area contributed by atoms with E-state index in [1.165, 1.54) is 33.2 Å². The van der Waals surface area contributed by atoms with Crippen molar-refractivity contribution in [1.29, 1.82) is 0 Å². The van der Waals surface area contributed by atoms with Crippen molar-refractivity contribution >= 4 is 71.2 Å². The molecule has 0 amide bonds. The highest BCUT2D eigenvalue weighted by Gasteiger charge is 2.58. The number of benzene rings is 2. The van der Waals surface area contributed by atoms with Crippen molar-refractivity contribution in [3.63, 3.8) is 0 Å². The van der Waals surface area contributed by atoms with E-state index in [0.29, 0.717) is 64.4 Å². The summed E-state index contributed by atoms with van der Waals surface area (Å²) in [6.07, 6.45) is 17.7. The Kier molecular flexibility index (Phi) is 24.9. The zero-order valence-electron chi connectivity index (χ0n) is 66.6. The standard InChI is InChI=1S/C38H57BN2O3Si.C31H44N2O2Si.C13H26B2O4/c1-26(2)45(27(3)4,28(5)6)41-22-21-33-35(29(7)24-40-36(33)41)34(23-39-43-37(8,9)38(10,11)44-39)31-17-19-32(20-18-31)42-25-30-15-13-12-14-16-30;1-21(2)36(22(3)4,23(5)6)33-18-17-28-29(24(7)19-32-31(28)33)30(34)26-13-15-27(16-14-26)35-20-25-11-9-8-10-12-25;1-10(2)11(3,4)17-14(16-10)9-15-18-12(5,6)13(7,8)19-15/h12-16,21-24,26-28,31-32H,17-20,25H2,1-11H3;8-12,17-19,21-23,26-27H,13-16,20H2,1-7H3;9H2,1-8H3/b34-23-;;. The molecule has 0 N–H and O–H groups in total. The molecule has 11 rings (SSSR count). The van der Waals surface area contributed by atoms with Crippen molar-refractivity contribution in [1.82, 2.24) is 18.4 Å². The van der Waals surface area contributed by atoms with Gasteiger partial charge in [-0.1, -0.05) is 150 Å². The Morgan fingerprint density at radius 1 is 0.470 bits per heavy atom. The van der Waals surface area contributed by atoms with Crippen LogP contribution in [0.3, 0.4) is 0 Å². The average Bonchev–Trinajstić information content (AvgIpc) is 1.48. The Hall–Kier alpha value is -4.46. The molecule has 0 atom stereocenters. The molecular weight excluding hydrogens is 1270 g/mol. The molecule has 0 radical (unpaired) electrons. The highest BCUT2D eigenvalue weighted by molar-refractivity contribution is 6.83. The fourth-order valence-corrected chi connectivity index (χ4v) is 31.1. The van der Waals surface area contributed by atoms with Crippen molar-refractivity contribution in [2.24, 2.45) is 11.8 Å². The molecule has 2 aromatic carbocycles. The zero-order valence-corrected chi connectivity index (χ0v) is 68.6. The number of aromatic nitrogens is 4. The molecule has 3 aliphatic heterocycles. The summed E-state index contributed by atoms with van der Waals surface area (Å²) in [5.74, 6) is 3.07. The molecule has 2 aliphatic carbocycles. The van der Waals surface area contributed by atoms with Crippen molar-refractivity contribution in [3.8, 4) is 0 Å². The number of hydrogen-bond donors (Lipinski definition) is 0. The lowest BCUT2D eigenvalue weighted by Gasteiger charge is -2.44. The minimum Gasteiger partial charge on any atom is -0.404 e. The summed E-state index contributed by atoms with van der Waals surface area (Å²) in [6, 6.07) is 25.4. The van der Waals surface area contributed by atoms with Crippen molar-refractivity contribution in [2.45, 2.75) is 330 Å². The lowest BCUT2D eigenvalue weighted by molar-refractivity contribution is 0.00578. The summed E-state index contributed by atoms with van der Waals surface area (Å²) < 4.78 is 54.9. The molecular formula is C82H127B3N4O9Si2. The molecule has 2 saturated carbocycles. The number of fused-ring (bicyclic) bond motifs is 2. The Labute approximate surface area is 607 Å². The van der Waals surface area contributed by atoms with Crippen molar-refractivity contribution < 1.29 is 42.2 Å². The van der Waals surface area contributed by atoms with E-state index in [4.69, 9.17) is 47.4 Å². The fourth-order valence-electron chi connectivity index (χ4n) is 18.0. The van der Waals surface area contributed by atoms with Crippen LogP contribution in [0.1, 0.15) is 256 Å². The van der Waals surface area contributed by atoms with Gasteiger partial charge in [-0.25, -0.2) is 9.97 Å². The number of allylic oxidation sites excluding steroid dienone is 1.